The molecule has 1 aliphatic heterocycles. The summed E-state index contributed by atoms with van der Waals surface area (Å²) >= 11 is 12.8. The van der Waals surface area contributed by atoms with Crippen molar-refractivity contribution in [1.29, 1.82) is 0 Å². The number of carbonyl (C=O) groups is 2. The summed E-state index contributed by atoms with van der Waals surface area (Å²) in [6, 6.07) is 6.03. The van der Waals surface area contributed by atoms with Crippen molar-refractivity contribution in [3.8, 4) is 0 Å². The highest BCUT2D eigenvalue weighted by molar-refractivity contribution is 6.42. The minimum Gasteiger partial charge on any atom is -0.466 e. The van der Waals surface area contributed by atoms with Gasteiger partial charge in [-0.25, -0.2) is 14.6 Å². The number of dihydropyridines is 1. The lowest BCUT2D eigenvalue weighted by molar-refractivity contribution is -0.139. The molecule has 3 N–H and O–H groups in total. The molecule has 2 atom stereocenters. The molecule has 0 spiro atoms. The number of aromatic amines is 1. The van der Waals surface area contributed by atoms with Crippen LogP contribution >= 0.6 is 23.2 Å². The molecule has 0 aliphatic carbocycles. The number of halogens is 2. The van der Waals surface area contributed by atoms with Gasteiger partial charge in [0.15, 0.2) is 0 Å². The van der Waals surface area contributed by atoms with E-state index in [0.717, 1.165) is 0 Å². The summed E-state index contributed by atoms with van der Waals surface area (Å²) in [6.45, 7) is 2.77. The Kier molecular flexibility index (Phi) is 8.91. The second-order valence-corrected chi connectivity index (χ2v) is 8.46. The topological polar surface area (TPSA) is 140 Å². The van der Waals surface area contributed by atoms with E-state index in [2.05, 4.69) is 15.3 Å². The maximum atomic E-state index is 13.4. The minimum absolute atomic E-state index is 0.00518. The third kappa shape index (κ3) is 5.31. The van der Waals surface area contributed by atoms with Crippen molar-refractivity contribution in [2.75, 3.05) is 20.8 Å². The number of methoxy groups -OCH3 is 2. The van der Waals surface area contributed by atoms with Crippen LogP contribution in [0, 0.1) is 0 Å². The number of ether oxygens (including phenoxy) is 3. The zero-order chi connectivity index (χ0) is 26.6. The Morgan fingerprint density at radius 3 is 2.53 bits per heavy atom. The number of hydrogen-bond acceptors (Lipinski definition) is 9. The maximum absolute atomic E-state index is 13.4. The molecule has 36 heavy (non-hydrogen) atoms. The van der Waals surface area contributed by atoms with Gasteiger partial charge >= 0.3 is 11.9 Å². The summed E-state index contributed by atoms with van der Waals surface area (Å²) in [7, 11) is 2.58. The fourth-order valence-corrected chi connectivity index (χ4v) is 4.47. The van der Waals surface area contributed by atoms with Crippen LogP contribution in [0.3, 0.4) is 0 Å². The quantitative estimate of drug-likeness (QED) is 0.433. The summed E-state index contributed by atoms with van der Waals surface area (Å²) in [5, 5.41) is 12.9. The van der Waals surface area contributed by atoms with Gasteiger partial charge in [0.2, 0.25) is 0 Å². The van der Waals surface area contributed by atoms with E-state index in [9.17, 15) is 19.5 Å². The van der Waals surface area contributed by atoms with E-state index in [1.54, 1.807) is 32.0 Å². The molecule has 1 aromatic heterocycles. The largest absolute Gasteiger partial charge is 0.466 e. The van der Waals surface area contributed by atoms with Crippen molar-refractivity contribution < 1.29 is 28.9 Å². The average Bonchev–Trinajstić information content (AvgIpc) is 2.85. The molecular weight excluding hydrogens is 513 g/mol. The predicted molar refractivity (Wildman–Crippen MR) is 131 cm³/mol. The normalized spacial score (nSPS) is 16.5. The van der Waals surface area contributed by atoms with Gasteiger partial charge in [0.25, 0.3) is 5.56 Å². The molecule has 0 fully saturated rings. The highest BCUT2D eigenvalue weighted by atomic mass is 35.5. The summed E-state index contributed by atoms with van der Waals surface area (Å²) < 4.78 is 16.1. The first kappa shape index (κ1) is 27.4. The molecule has 0 amide bonds. The van der Waals surface area contributed by atoms with Crippen LogP contribution in [0.5, 0.6) is 0 Å². The number of carbonyl (C=O) groups excluding carboxylic acids is 2. The van der Waals surface area contributed by atoms with E-state index in [1.807, 2.05) is 0 Å². The molecule has 192 valence electrons. The van der Waals surface area contributed by atoms with E-state index in [0.29, 0.717) is 11.3 Å². The van der Waals surface area contributed by atoms with Gasteiger partial charge in [-0.05, 0) is 25.5 Å². The Morgan fingerprint density at radius 1 is 1.19 bits per heavy atom. The minimum atomic E-state index is -1.09. The Balaban J connectivity index is 2.39. The number of H-pyrrole nitrogens is 1. The first-order valence-corrected chi connectivity index (χ1v) is 11.6. The number of aliphatic hydroxyl groups excluding tert-OH is 1. The lowest BCUT2D eigenvalue weighted by Gasteiger charge is -2.34. The molecule has 0 saturated carbocycles. The van der Waals surface area contributed by atoms with E-state index in [-0.39, 0.29) is 45.0 Å². The van der Waals surface area contributed by atoms with Gasteiger partial charge in [0.1, 0.15) is 18.5 Å². The average molecular weight is 538 g/mol. The van der Waals surface area contributed by atoms with Crippen LogP contribution in [0.25, 0.3) is 0 Å². The summed E-state index contributed by atoms with van der Waals surface area (Å²) in [6.07, 6.45) is -1.09. The number of aromatic nitrogens is 2. The Morgan fingerprint density at radius 2 is 1.92 bits per heavy atom. The maximum Gasteiger partial charge on any atom is 0.336 e. The SMILES string of the molecule is CCOC(=O)C1=C(C(OC)c2cc(=O)[nH]c(CO)n2)NC(C)=C(C(=O)OC)C1c1cccc(Cl)c1Cl. The van der Waals surface area contributed by atoms with E-state index in [4.69, 9.17) is 37.4 Å². The molecule has 2 unspecified atom stereocenters. The Bertz CT molecular complexity index is 1300. The van der Waals surface area contributed by atoms with Crippen LogP contribution in [0.1, 0.15) is 43.0 Å². The lowest BCUT2D eigenvalue weighted by atomic mass is 9.79. The number of benzene rings is 1. The van der Waals surface area contributed by atoms with Crippen molar-refractivity contribution in [2.24, 2.45) is 0 Å². The van der Waals surface area contributed by atoms with Gasteiger partial charge in [-0.15, -0.1) is 0 Å². The number of rotatable bonds is 8. The zero-order valence-electron chi connectivity index (χ0n) is 20.0. The molecule has 12 heteroatoms. The van der Waals surface area contributed by atoms with Crippen LogP contribution in [0.4, 0.5) is 0 Å². The van der Waals surface area contributed by atoms with Crippen LogP contribution < -0.4 is 10.9 Å². The molecule has 10 nitrogen and oxygen atoms in total. The van der Waals surface area contributed by atoms with E-state index >= 15 is 0 Å². The standard InChI is InChI=1S/C24H25Cl2N3O7/c1-5-36-24(33)19-18(12-7-6-8-13(25)20(12)26)17(23(32)35-4)11(2)27-21(19)22(34-3)14-9-16(31)29-15(10-30)28-14/h6-9,18,22,27,30H,5,10H2,1-4H3,(H,28,29,31). The van der Waals surface area contributed by atoms with Crippen LogP contribution in [-0.2, 0) is 30.4 Å². The number of allylic oxidation sites excluding steroid dienone is 1. The predicted octanol–water partition coefficient (Wildman–Crippen LogP) is 2.91. The fourth-order valence-electron chi connectivity index (χ4n) is 4.06. The van der Waals surface area contributed by atoms with Gasteiger partial charge in [-0.3, -0.25) is 4.79 Å². The van der Waals surface area contributed by atoms with Gasteiger partial charge in [0, 0.05) is 18.9 Å². The number of nitrogens with one attached hydrogen (secondary N) is 2. The summed E-state index contributed by atoms with van der Waals surface area (Å²) in [5.41, 5.74) is 0.557. The van der Waals surface area contributed by atoms with Crippen molar-refractivity contribution in [3.05, 3.63) is 84.3 Å². The first-order valence-electron chi connectivity index (χ1n) is 10.8. The van der Waals surface area contributed by atoms with Crippen molar-refractivity contribution in [3.63, 3.8) is 0 Å². The lowest BCUT2D eigenvalue weighted by Crippen LogP contribution is -2.36. The molecule has 0 radical (unpaired) electrons. The second kappa shape index (κ2) is 11.7. The Labute approximate surface area is 216 Å². The molecule has 3 rings (SSSR count). The molecule has 1 aliphatic rings. The van der Waals surface area contributed by atoms with Crippen molar-refractivity contribution in [2.45, 2.75) is 32.5 Å². The number of esters is 2. The number of nitrogens with zero attached hydrogens (tertiary/aromatic N) is 1. The van der Waals surface area contributed by atoms with Gasteiger partial charge in [0.05, 0.1) is 52.2 Å². The Hall–Kier alpha value is -3.18. The third-order valence-corrected chi connectivity index (χ3v) is 6.35. The van der Waals surface area contributed by atoms with E-state index < -0.39 is 36.1 Å². The smallest absolute Gasteiger partial charge is 0.336 e. The van der Waals surface area contributed by atoms with Crippen LogP contribution in [0.2, 0.25) is 10.0 Å². The molecule has 2 aromatic rings. The summed E-state index contributed by atoms with van der Waals surface area (Å²) in [4.78, 5) is 45.3. The van der Waals surface area contributed by atoms with Crippen molar-refractivity contribution in [1.82, 2.24) is 15.3 Å². The number of aliphatic hydroxyl groups is 1. The second-order valence-electron chi connectivity index (χ2n) is 7.67. The molecule has 2 heterocycles. The van der Waals surface area contributed by atoms with Gasteiger partial charge in [-0.1, -0.05) is 35.3 Å². The molecule has 0 saturated heterocycles. The third-order valence-electron chi connectivity index (χ3n) is 5.51. The van der Waals surface area contributed by atoms with Crippen LogP contribution in [-0.4, -0.2) is 47.8 Å². The molecule has 0 bridgehead atoms. The molecule has 1 aromatic carbocycles. The van der Waals surface area contributed by atoms with Gasteiger partial charge in [-0.2, -0.15) is 0 Å². The molecular formula is C24H25Cl2N3O7. The van der Waals surface area contributed by atoms with Crippen LogP contribution in [0.15, 0.2) is 51.6 Å². The number of hydrogen-bond donors (Lipinski definition) is 3. The highest BCUT2D eigenvalue weighted by Gasteiger charge is 2.42. The fraction of sp³-hybridized carbons (Fsp3) is 0.333. The highest BCUT2D eigenvalue weighted by Crippen LogP contribution is 2.45. The summed E-state index contributed by atoms with van der Waals surface area (Å²) in [5.74, 6) is -2.52. The monoisotopic (exact) mass is 537 g/mol. The first-order chi connectivity index (χ1) is 17.2. The van der Waals surface area contributed by atoms with E-state index in [1.165, 1.54) is 20.3 Å². The zero-order valence-corrected chi connectivity index (χ0v) is 21.5. The van der Waals surface area contributed by atoms with Crippen molar-refractivity contribution >= 4 is 35.1 Å². The van der Waals surface area contributed by atoms with Gasteiger partial charge < -0.3 is 29.6 Å².